The molecule has 1 atom stereocenters. The van der Waals surface area contributed by atoms with Crippen molar-refractivity contribution in [1.29, 1.82) is 0 Å². The fourth-order valence-corrected chi connectivity index (χ4v) is 2.80. The maximum Gasteiger partial charge on any atom is 0.410 e. The van der Waals surface area contributed by atoms with Gasteiger partial charge in [0.15, 0.2) is 0 Å². The summed E-state index contributed by atoms with van der Waals surface area (Å²) in [7, 11) is 0. The maximum absolute atomic E-state index is 11.9. The molecule has 2 aliphatic heterocycles. The van der Waals surface area contributed by atoms with Crippen LogP contribution in [0.15, 0.2) is 0 Å². The van der Waals surface area contributed by atoms with Gasteiger partial charge in [0.25, 0.3) is 0 Å². The SMILES string of the molecule is CC(C)(C)OC(=O)N1CCC(CN2CCCC2)C1. The van der Waals surface area contributed by atoms with Crippen molar-refractivity contribution in [2.24, 2.45) is 5.92 Å². The Morgan fingerprint density at radius 1 is 1.22 bits per heavy atom. The maximum atomic E-state index is 11.9. The van der Waals surface area contributed by atoms with E-state index < -0.39 is 0 Å². The van der Waals surface area contributed by atoms with Crippen LogP contribution in [0.5, 0.6) is 0 Å². The third kappa shape index (κ3) is 3.87. The molecule has 1 amide bonds. The summed E-state index contributed by atoms with van der Waals surface area (Å²) in [5.74, 6) is 0.635. The summed E-state index contributed by atoms with van der Waals surface area (Å²) < 4.78 is 5.41. The molecule has 0 radical (unpaired) electrons. The van der Waals surface area contributed by atoms with Crippen LogP contribution in [0.4, 0.5) is 4.79 Å². The van der Waals surface area contributed by atoms with Gasteiger partial charge >= 0.3 is 6.09 Å². The number of carbonyl (C=O) groups excluding carboxylic acids is 1. The Morgan fingerprint density at radius 2 is 1.89 bits per heavy atom. The molecule has 2 rings (SSSR count). The van der Waals surface area contributed by atoms with Crippen LogP contribution in [0.2, 0.25) is 0 Å². The first-order chi connectivity index (χ1) is 8.44. The number of hydrogen-bond acceptors (Lipinski definition) is 3. The fourth-order valence-electron chi connectivity index (χ4n) is 2.80. The summed E-state index contributed by atoms with van der Waals surface area (Å²) in [6.07, 6.45) is 3.65. The first kappa shape index (κ1) is 13.7. The Kier molecular flexibility index (Phi) is 4.15. The zero-order valence-electron chi connectivity index (χ0n) is 11.9. The summed E-state index contributed by atoms with van der Waals surface area (Å²) in [5, 5.41) is 0. The average Bonchev–Trinajstić information content (AvgIpc) is 2.86. The zero-order chi connectivity index (χ0) is 13.2. The van der Waals surface area contributed by atoms with E-state index >= 15 is 0 Å². The van der Waals surface area contributed by atoms with E-state index in [1.165, 1.54) is 25.9 Å². The van der Waals surface area contributed by atoms with Crippen molar-refractivity contribution in [3.63, 3.8) is 0 Å². The van der Waals surface area contributed by atoms with Crippen molar-refractivity contribution in [1.82, 2.24) is 9.80 Å². The molecule has 2 fully saturated rings. The normalized spacial score (nSPS) is 25.7. The van der Waals surface area contributed by atoms with Crippen LogP contribution in [-0.2, 0) is 4.74 Å². The number of hydrogen-bond donors (Lipinski definition) is 0. The van der Waals surface area contributed by atoms with Crippen molar-refractivity contribution in [2.75, 3.05) is 32.7 Å². The zero-order valence-corrected chi connectivity index (χ0v) is 11.9. The predicted octanol–water partition coefficient (Wildman–Crippen LogP) is 2.34. The minimum atomic E-state index is -0.385. The van der Waals surface area contributed by atoms with Crippen LogP contribution < -0.4 is 0 Å². The molecule has 104 valence electrons. The minimum Gasteiger partial charge on any atom is -0.444 e. The molecule has 0 bridgehead atoms. The molecule has 4 nitrogen and oxygen atoms in total. The van der Waals surface area contributed by atoms with Gasteiger partial charge in [-0.2, -0.15) is 0 Å². The van der Waals surface area contributed by atoms with E-state index in [1.54, 1.807) is 0 Å². The molecule has 2 saturated heterocycles. The Balaban J connectivity index is 1.75. The quantitative estimate of drug-likeness (QED) is 0.758. The highest BCUT2D eigenvalue weighted by Gasteiger charge is 2.30. The molecule has 2 aliphatic rings. The molecule has 1 unspecified atom stereocenters. The van der Waals surface area contributed by atoms with Gasteiger partial charge in [0, 0.05) is 19.6 Å². The summed E-state index contributed by atoms with van der Waals surface area (Å²) in [4.78, 5) is 16.3. The van der Waals surface area contributed by atoms with Crippen LogP contribution in [0, 0.1) is 5.92 Å². The molecular weight excluding hydrogens is 228 g/mol. The Hall–Kier alpha value is -0.770. The lowest BCUT2D eigenvalue weighted by atomic mass is 10.1. The van der Waals surface area contributed by atoms with Gasteiger partial charge < -0.3 is 14.5 Å². The van der Waals surface area contributed by atoms with E-state index in [0.29, 0.717) is 5.92 Å². The van der Waals surface area contributed by atoms with Crippen molar-refractivity contribution in [3.8, 4) is 0 Å². The summed E-state index contributed by atoms with van der Waals surface area (Å²) in [5.41, 5.74) is -0.385. The van der Waals surface area contributed by atoms with Crippen LogP contribution in [0.25, 0.3) is 0 Å². The molecule has 0 aromatic rings. The number of carbonyl (C=O) groups is 1. The minimum absolute atomic E-state index is 0.147. The van der Waals surface area contributed by atoms with Crippen LogP contribution in [0.3, 0.4) is 0 Å². The van der Waals surface area contributed by atoms with Crippen LogP contribution >= 0.6 is 0 Å². The van der Waals surface area contributed by atoms with Crippen LogP contribution in [-0.4, -0.2) is 54.2 Å². The Labute approximate surface area is 110 Å². The Morgan fingerprint density at radius 3 is 2.50 bits per heavy atom. The lowest BCUT2D eigenvalue weighted by molar-refractivity contribution is 0.0286. The van der Waals surface area contributed by atoms with Gasteiger partial charge in [0.05, 0.1) is 0 Å². The van der Waals surface area contributed by atoms with E-state index in [0.717, 1.165) is 26.1 Å². The van der Waals surface area contributed by atoms with Gasteiger partial charge in [0.2, 0.25) is 0 Å². The van der Waals surface area contributed by atoms with E-state index in [4.69, 9.17) is 4.74 Å². The summed E-state index contributed by atoms with van der Waals surface area (Å²) in [6, 6.07) is 0. The van der Waals surface area contributed by atoms with Gasteiger partial charge in [-0.25, -0.2) is 4.79 Å². The van der Waals surface area contributed by atoms with Crippen molar-refractivity contribution in [2.45, 2.75) is 45.6 Å². The highest BCUT2D eigenvalue weighted by molar-refractivity contribution is 5.68. The molecule has 0 aromatic carbocycles. The van der Waals surface area contributed by atoms with Gasteiger partial charge in [-0.05, 0) is 59.0 Å². The largest absolute Gasteiger partial charge is 0.444 e. The molecule has 0 spiro atoms. The third-order valence-electron chi connectivity index (χ3n) is 3.65. The second kappa shape index (κ2) is 5.47. The number of ether oxygens (including phenoxy) is 1. The number of amides is 1. The molecule has 0 N–H and O–H groups in total. The number of rotatable bonds is 2. The lowest BCUT2D eigenvalue weighted by Crippen LogP contribution is -2.36. The van der Waals surface area contributed by atoms with Gasteiger partial charge in [-0.15, -0.1) is 0 Å². The second-order valence-electron chi connectivity index (χ2n) is 6.59. The highest BCUT2D eigenvalue weighted by atomic mass is 16.6. The van der Waals surface area contributed by atoms with Crippen molar-refractivity contribution in [3.05, 3.63) is 0 Å². The highest BCUT2D eigenvalue weighted by Crippen LogP contribution is 2.21. The molecular formula is C14H26N2O2. The van der Waals surface area contributed by atoms with Crippen molar-refractivity contribution < 1.29 is 9.53 Å². The summed E-state index contributed by atoms with van der Waals surface area (Å²) in [6.45, 7) is 11.1. The first-order valence-corrected chi connectivity index (χ1v) is 7.14. The molecule has 4 heteroatoms. The molecule has 2 heterocycles. The monoisotopic (exact) mass is 254 g/mol. The van der Waals surface area contributed by atoms with E-state index in [1.807, 2.05) is 25.7 Å². The Bertz CT molecular complexity index is 293. The first-order valence-electron chi connectivity index (χ1n) is 7.14. The summed E-state index contributed by atoms with van der Waals surface area (Å²) >= 11 is 0. The van der Waals surface area contributed by atoms with Crippen LogP contribution in [0.1, 0.15) is 40.0 Å². The average molecular weight is 254 g/mol. The van der Waals surface area contributed by atoms with Gasteiger partial charge in [-0.3, -0.25) is 0 Å². The third-order valence-corrected chi connectivity index (χ3v) is 3.65. The molecule has 0 aromatic heterocycles. The second-order valence-corrected chi connectivity index (χ2v) is 6.59. The van der Waals surface area contributed by atoms with Gasteiger partial charge in [0.1, 0.15) is 5.60 Å². The molecule has 0 saturated carbocycles. The fraction of sp³-hybridized carbons (Fsp3) is 0.929. The van der Waals surface area contributed by atoms with E-state index in [-0.39, 0.29) is 11.7 Å². The molecule has 0 aliphatic carbocycles. The topological polar surface area (TPSA) is 32.8 Å². The number of nitrogens with zero attached hydrogens (tertiary/aromatic N) is 2. The van der Waals surface area contributed by atoms with E-state index in [2.05, 4.69) is 4.90 Å². The van der Waals surface area contributed by atoms with E-state index in [9.17, 15) is 4.79 Å². The molecule has 18 heavy (non-hydrogen) atoms. The van der Waals surface area contributed by atoms with Gasteiger partial charge in [-0.1, -0.05) is 0 Å². The van der Waals surface area contributed by atoms with Crippen molar-refractivity contribution >= 4 is 6.09 Å². The lowest BCUT2D eigenvalue weighted by Gasteiger charge is -2.25. The predicted molar refractivity (Wildman–Crippen MR) is 71.6 cm³/mol. The standard InChI is InChI=1S/C14H26N2O2/c1-14(2,3)18-13(17)16-9-6-12(11-16)10-15-7-4-5-8-15/h12H,4-11H2,1-3H3. The smallest absolute Gasteiger partial charge is 0.410 e. The number of likely N-dealkylation sites (tertiary alicyclic amines) is 2.